The molecule has 1 N–H and O–H groups in total. The van der Waals surface area contributed by atoms with Gasteiger partial charge in [-0.2, -0.15) is 0 Å². The van der Waals surface area contributed by atoms with Crippen molar-refractivity contribution in [1.82, 2.24) is 0 Å². The highest BCUT2D eigenvalue weighted by Gasteiger charge is 2.07. The van der Waals surface area contributed by atoms with Gasteiger partial charge in [-0.25, -0.2) is 0 Å². The third kappa shape index (κ3) is 2.62. The van der Waals surface area contributed by atoms with Crippen LogP contribution in [-0.4, -0.2) is 12.2 Å². The first-order valence-electron chi connectivity index (χ1n) is 4.86. The average molecular weight is 204 g/mol. The van der Waals surface area contributed by atoms with Crippen LogP contribution in [0.25, 0.3) is 6.08 Å². The molecular formula is C13H16O2. The van der Waals surface area contributed by atoms with E-state index in [0.29, 0.717) is 5.75 Å². The van der Waals surface area contributed by atoms with Gasteiger partial charge in [-0.05, 0) is 31.0 Å². The second-order valence-electron chi connectivity index (χ2n) is 3.23. The molecule has 0 amide bonds. The molecule has 0 aliphatic carbocycles. The summed E-state index contributed by atoms with van der Waals surface area (Å²) in [7, 11) is 1.55. The Kier molecular flexibility index (Phi) is 3.98. The summed E-state index contributed by atoms with van der Waals surface area (Å²) in [5.74, 6) is 0.686. The molecule has 1 aromatic carbocycles. The Bertz CT molecular complexity index is 378. The first-order valence-corrected chi connectivity index (χ1v) is 4.86. The summed E-state index contributed by atoms with van der Waals surface area (Å²) in [6.45, 7) is 5.60. The van der Waals surface area contributed by atoms with E-state index >= 15 is 0 Å². The van der Waals surface area contributed by atoms with Crippen molar-refractivity contribution in [1.29, 1.82) is 0 Å². The van der Waals surface area contributed by atoms with E-state index in [2.05, 4.69) is 6.58 Å². The minimum absolute atomic E-state index is 0.184. The number of allylic oxidation sites excluding steroid dienone is 2. The minimum Gasteiger partial charge on any atom is -0.504 e. The molecule has 0 aliphatic heterocycles. The molecule has 0 bridgehead atoms. The summed E-state index contributed by atoms with van der Waals surface area (Å²) in [5.41, 5.74) is 1.85. The third-order valence-electron chi connectivity index (χ3n) is 2.11. The van der Waals surface area contributed by atoms with Crippen LogP contribution < -0.4 is 4.74 Å². The summed E-state index contributed by atoms with van der Waals surface area (Å²) in [6, 6.07) is 3.75. The van der Waals surface area contributed by atoms with Crippen molar-refractivity contribution < 1.29 is 9.84 Å². The number of benzene rings is 1. The maximum absolute atomic E-state index is 9.81. The van der Waals surface area contributed by atoms with Crippen molar-refractivity contribution in [2.75, 3.05) is 7.11 Å². The average Bonchev–Trinajstić information content (AvgIpc) is 2.23. The van der Waals surface area contributed by atoms with Crippen LogP contribution in [0.3, 0.4) is 0 Å². The van der Waals surface area contributed by atoms with Crippen LogP contribution in [0.4, 0.5) is 0 Å². The molecule has 2 nitrogen and oxygen atoms in total. The van der Waals surface area contributed by atoms with Gasteiger partial charge in [0.15, 0.2) is 11.5 Å². The van der Waals surface area contributed by atoms with Gasteiger partial charge >= 0.3 is 0 Å². The Morgan fingerprint density at radius 2 is 2.20 bits per heavy atom. The first kappa shape index (κ1) is 11.4. The largest absolute Gasteiger partial charge is 0.504 e. The number of ether oxygens (including phenoxy) is 1. The lowest BCUT2D eigenvalue weighted by atomic mass is 10.1. The maximum Gasteiger partial charge on any atom is 0.165 e. The van der Waals surface area contributed by atoms with E-state index in [1.54, 1.807) is 7.11 Å². The fourth-order valence-corrected chi connectivity index (χ4v) is 1.44. The van der Waals surface area contributed by atoms with Crippen molar-refractivity contribution in [2.45, 2.75) is 13.3 Å². The van der Waals surface area contributed by atoms with Crippen molar-refractivity contribution in [2.24, 2.45) is 0 Å². The summed E-state index contributed by atoms with van der Waals surface area (Å²) < 4.78 is 5.10. The molecule has 15 heavy (non-hydrogen) atoms. The SMILES string of the molecule is C=CCc1cc(/C=C/C)c(O)c(OC)c1. The van der Waals surface area contributed by atoms with Gasteiger partial charge < -0.3 is 9.84 Å². The number of hydrogen-bond donors (Lipinski definition) is 1. The quantitative estimate of drug-likeness (QED) is 0.763. The lowest BCUT2D eigenvalue weighted by Crippen LogP contribution is -1.90. The molecule has 0 fully saturated rings. The fourth-order valence-electron chi connectivity index (χ4n) is 1.44. The van der Waals surface area contributed by atoms with Gasteiger partial charge in [0.05, 0.1) is 7.11 Å². The predicted octanol–water partition coefficient (Wildman–Crippen LogP) is 3.16. The van der Waals surface area contributed by atoms with Gasteiger partial charge in [0.1, 0.15) is 0 Å². The molecular weight excluding hydrogens is 188 g/mol. The Morgan fingerprint density at radius 1 is 1.47 bits per heavy atom. The summed E-state index contributed by atoms with van der Waals surface area (Å²) in [5, 5.41) is 9.81. The van der Waals surface area contributed by atoms with E-state index in [9.17, 15) is 5.11 Å². The van der Waals surface area contributed by atoms with E-state index in [4.69, 9.17) is 4.74 Å². The Balaban J connectivity index is 3.24. The van der Waals surface area contributed by atoms with E-state index < -0.39 is 0 Å². The van der Waals surface area contributed by atoms with E-state index in [1.165, 1.54) is 0 Å². The lowest BCUT2D eigenvalue weighted by molar-refractivity contribution is 0.372. The molecule has 1 rings (SSSR count). The molecule has 0 spiro atoms. The smallest absolute Gasteiger partial charge is 0.165 e. The molecule has 80 valence electrons. The van der Waals surface area contributed by atoms with Gasteiger partial charge in [0.25, 0.3) is 0 Å². The zero-order chi connectivity index (χ0) is 11.3. The molecule has 0 aromatic heterocycles. The van der Waals surface area contributed by atoms with Crippen LogP contribution in [-0.2, 0) is 6.42 Å². The van der Waals surface area contributed by atoms with E-state index in [1.807, 2.05) is 37.3 Å². The summed E-state index contributed by atoms with van der Waals surface area (Å²) >= 11 is 0. The number of hydrogen-bond acceptors (Lipinski definition) is 2. The second kappa shape index (κ2) is 5.25. The maximum atomic E-state index is 9.81. The Labute approximate surface area is 90.5 Å². The van der Waals surface area contributed by atoms with Crippen LogP contribution in [0.15, 0.2) is 30.9 Å². The highest BCUT2D eigenvalue weighted by Crippen LogP contribution is 2.32. The van der Waals surface area contributed by atoms with Crippen molar-refractivity contribution in [3.8, 4) is 11.5 Å². The summed E-state index contributed by atoms with van der Waals surface area (Å²) in [4.78, 5) is 0. The van der Waals surface area contributed by atoms with Gasteiger partial charge in [-0.3, -0.25) is 0 Å². The lowest BCUT2D eigenvalue weighted by Gasteiger charge is -2.08. The minimum atomic E-state index is 0.184. The highest BCUT2D eigenvalue weighted by molar-refractivity contribution is 5.63. The molecule has 1 aromatic rings. The van der Waals surface area contributed by atoms with Crippen molar-refractivity contribution >= 4 is 6.08 Å². The Hall–Kier alpha value is -1.70. The van der Waals surface area contributed by atoms with Crippen LogP contribution in [0.2, 0.25) is 0 Å². The van der Waals surface area contributed by atoms with Crippen molar-refractivity contribution in [3.05, 3.63) is 42.0 Å². The fraction of sp³-hybridized carbons (Fsp3) is 0.231. The standard InChI is InChI=1S/C13H16O2/c1-4-6-10-8-11(7-5-2)13(14)12(9-10)15-3/h4-5,7-9,14H,1,6H2,2-3H3/b7-5+. The monoisotopic (exact) mass is 204 g/mol. The second-order valence-corrected chi connectivity index (χ2v) is 3.23. The zero-order valence-corrected chi connectivity index (χ0v) is 9.16. The van der Waals surface area contributed by atoms with E-state index in [0.717, 1.165) is 17.5 Å². The number of rotatable bonds is 4. The van der Waals surface area contributed by atoms with Crippen LogP contribution >= 0.6 is 0 Å². The van der Waals surface area contributed by atoms with E-state index in [-0.39, 0.29) is 5.75 Å². The molecule has 0 saturated heterocycles. The highest BCUT2D eigenvalue weighted by atomic mass is 16.5. The number of phenolic OH excluding ortho intramolecular Hbond substituents is 1. The molecule has 0 aliphatic rings. The molecule has 0 radical (unpaired) electrons. The number of aromatic hydroxyl groups is 1. The number of phenols is 1. The third-order valence-corrected chi connectivity index (χ3v) is 2.11. The Morgan fingerprint density at radius 3 is 2.73 bits per heavy atom. The molecule has 0 saturated carbocycles. The van der Waals surface area contributed by atoms with Gasteiger partial charge in [-0.1, -0.05) is 18.2 Å². The van der Waals surface area contributed by atoms with Gasteiger partial charge in [0, 0.05) is 5.56 Å². The topological polar surface area (TPSA) is 29.5 Å². The van der Waals surface area contributed by atoms with Crippen LogP contribution in [0.1, 0.15) is 18.1 Å². The molecule has 2 heteroatoms. The normalized spacial score (nSPS) is 10.5. The molecule has 0 unspecified atom stereocenters. The van der Waals surface area contributed by atoms with Crippen LogP contribution in [0, 0.1) is 0 Å². The molecule has 0 atom stereocenters. The van der Waals surface area contributed by atoms with Crippen LogP contribution in [0.5, 0.6) is 11.5 Å². The zero-order valence-electron chi connectivity index (χ0n) is 9.16. The predicted molar refractivity (Wildman–Crippen MR) is 63.3 cm³/mol. The van der Waals surface area contributed by atoms with Gasteiger partial charge in [0.2, 0.25) is 0 Å². The first-order chi connectivity index (χ1) is 7.22. The summed E-state index contributed by atoms with van der Waals surface area (Å²) in [6.07, 6.45) is 6.32. The van der Waals surface area contributed by atoms with Crippen molar-refractivity contribution in [3.63, 3.8) is 0 Å². The van der Waals surface area contributed by atoms with Gasteiger partial charge in [-0.15, -0.1) is 6.58 Å². The number of methoxy groups -OCH3 is 1. The molecule has 0 heterocycles.